The SMILES string of the molecule is Cc1sc2nc(SC/C=C/c3ccccc3)n(C)c(=O)c2c1C. The molecule has 0 amide bonds. The fourth-order valence-electron chi connectivity index (χ4n) is 2.36. The molecule has 0 N–H and O–H groups in total. The molecule has 23 heavy (non-hydrogen) atoms. The van der Waals surface area contributed by atoms with Crippen molar-refractivity contribution >= 4 is 39.4 Å². The molecule has 3 aromatic rings. The van der Waals surface area contributed by atoms with Crippen LogP contribution in [0.2, 0.25) is 0 Å². The molecule has 0 aliphatic heterocycles. The van der Waals surface area contributed by atoms with E-state index < -0.39 is 0 Å². The zero-order valence-electron chi connectivity index (χ0n) is 13.4. The average molecular weight is 342 g/mol. The fourth-order valence-corrected chi connectivity index (χ4v) is 4.21. The van der Waals surface area contributed by atoms with Gasteiger partial charge in [0.1, 0.15) is 4.83 Å². The molecule has 2 aromatic heterocycles. The second-order valence-corrected chi connectivity index (χ2v) is 7.54. The minimum atomic E-state index is 0.0476. The third-order valence-electron chi connectivity index (χ3n) is 3.79. The lowest BCUT2D eigenvalue weighted by Crippen LogP contribution is -2.19. The maximum atomic E-state index is 12.5. The van der Waals surface area contributed by atoms with Gasteiger partial charge in [-0.05, 0) is 25.0 Å². The number of hydrogen-bond acceptors (Lipinski definition) is 4. The van der Waals surface area contributed by atoms with Crippen LogP contribution in [0, 0.1) is 13.8 Å². The van der Waals surface area contributed by atoms with Crippen LogP contribution in [0.3, 0.4) is 0 Å². The first kappa shape index (κ1) is 16.0. The minimum absolute atomic E-state index is 0.0476. The van der Waals surface area contributed by atoms with Crippen LogP contribution < -0.4 is 5.56 Å². The Bertz CT molecular complexity index is 924. The molecule has 0 saturated carbocycles. The summed E-state index contributed by atoms with van der Waals surface area (Å²) in [6.45, 7) is 4.03. The number of rotatable bonds is 4. The van der Waals surface area contributed by atoms with Gasteiger partial charge >= 0.3 is 0 Å². The van der Waals surface area contributed by atoms with Crippen LogP contribution in [0.25, 0.3) is 16.3 Å². The first-order chi connectivity index (χ1) is 11.1. The summed E-state index contributed by atoms with van der Waals surface area (Å²) >= 11 is 3.18. The highest BCUT2D eigenvalue weighted by Crippen LogP contribution is 2.28. The van der Waals surface area contributed by atoms with Crippen LogP contribution in [-0.4, -0.2) is 15.3 Å². The molecule has 0 fully saturated rings. The van der Waals surface area contributed by atoms with Crippen molar-refractivity contribution in [1.29, 1.82) is 0 Å². The Morgan fingerprint density at radius 1 is 1.26 bits per heavy atom. The monoisotopic (exact) mass is 342 g/mol. The van der Waals surface area contributed by atoms with Gasteiger partial charge in [0, 0.05) is 17.7 Å². The Kier molecular flexibility index (Phi) is 4.68. The molecule has 118 valence electrons. The van der Waals surface area contributed by atoms with E-state index in [1.165, 1.54) is 5.56 Å². The molecule has 0 atom stereocenters. The highest BCUT2D eigenvalue weighted by molar-refractivity contribution is 7.99. The van der Waals surface area contributed by atoms with Crippen LogP contribution in [0.15, 0.2) is 46.4 Å². The van der Waals surface area contributed by atoms with E-state index in [4.69, 9.17) is 0 Å². The molecule has 0 bridgehead atoms. The quantitative estimate of drug-likeness (QED) is 0.520. The molecule has 0 saturated heterocycles. The van der Waals surface area contributed by atoms with Crippen LogP contribution in [0.4, 0.5) is 0 Å². The first-order valence-corrected chi connectivity index (χ1v) is 9.19. The van der Waals surface area contributed by atoms with Crippen molar-refractivity contribution in [1.82, 2.24) is 9.55 Å². The van der Waals surface area contributed by atoms with Crippen LogP contribution >= 0.6 is 23.1 Å². The predicted molar refractivity (Wildman–Crippen MR) is 101 cm³/mol. The molecule has 0 aliphatic carbocycles. The predicted octanol–water partition coefficient (Wildman–Crippen LogP) is 4.42. The Labute approximate surface area is 143 Å². The van der Waals surface area contributed by atoms with E-state index >= 15 is 0 Å². The second-order valence-electron chi connectivity index (χ2n) is 5.35. The third kappa shape index (κ3) is 3.26. The van der Waals surface area contributed by atoms with E-state index in [0.29, 0.717) is 0 Å². The molecular weight excluding hydrogens is 324 g/mol. The molecular formula is C18H18N2OS2. The molecule has 2 heterocycles. The number of aryl methyl sites for hydroxylation is 2. The van der Waals surface area contributed by atoms with Gasteiger partial charge in [-0.25, -0.2) is 4.98 Å². The second kappa shape index (κ2) is 6.72. The average Bonchev–Trinajstić information content (AvgIpc) is 2.84. The van der Waals surface area contributed by atoms with E-state index in [-0.39, 0.29) is 5.56 Å². The molecule has 3 rings (SSSR count). The number of thiophene rings is 1. The zero-order valence-corrected chi connectivity index (χ0v) is 15.0. The number of fused-ring (bicyclic) bond motifs is 1. The molecule has 0 unspecified atom stereocenters. The molecule has 0 aliphatic rings. The fraction of sp³-hybridized carbons (Fsp3) is 0.222. The summed E-state index contributed by atoms with van der Waals surface area (Å²) in [5.41, 5.74) is 2.28. The van der Waals surface area contributed by atoms with Gasteiger partial charge in [0.15, 0.2) is 5.16 Å². The van der Waals surface area contributed by atoms with Gasteiger partial charge in [0.2, 0.25) is 0 Å². The van der Waals surface area contributed by atoms with Crippen molar-refractivity contribution < 1.29 is 0 Å². The number of thioether (sulfide) groups is 1. The van der Waals surface area contributed by atoms with Crippen LogP contribution in [0.1, 0.15) is 16.0 Å². The molecule has 0 spiro atoms. The number of nitrogens with zero attached hydrogens (tertiary/aromatic N) is 2. The van der Waals surface area contributed by atoms with E-state index in [1.54, 1.807) is 34.7 Å². The Balaban J connectivity index is 1.82. The summed E-state index contributed by atoms with van der Waals surface area (Å²) in [5, 5.41) is 1.53. The summed E-state index contributed by atoms with van der Waals surface area (Å²) in [4.78, 5) is 19.2. The first-order valence-electron chi connectivity index (χ1n) is 7.39. The summed E-state index contributed by atoms with van der Waals surface area (Å²) in [7, 11) is 1.80. The molecule has 5 heteroatoms. The van der Waals surface area contributed by atoms with Gasteiger partial charge in [0.25, 0.3) is 5.56 Å². The highest BCUT2D eigenvalue weighted by Gasteiger charge is 2.14. The maximum absolute atomic E-state index is 12.5. The minimum Gasteiger partial charge on any atom is -0.290 e. The van der Waals surface area contributed by atoms with Crippen molar-refractivity contribution in [2.24, 2.45) is 7.05 Å². The lowest BCUT2D eigenvalue weighted by atomic mass is 10.2. The van der Waals surface area contributed by atoms with E-state index in [2.05, 4.69) is 29.3 Å². The molecule has 3 nitrogen and oxygen atoms in total. The van der Waals surface area contributed by atoms with Gasteiger partial charge in [-0.2, -0.15) is 0 Å². The number of benzene rings is 1. The van der Waals surface area contributed by atoms with Crippen LogP contribution in [0.5, 0.6) is 0 Å². The summed E-state index contributed by atoms with van der Waals surface area (Å²) in [5.74, 6) is 0.782. The van der Waals surface area contributed by atoms with E-state index in [9.17, 15) is 4.79 Å². The lowest BCUT2D eigenvalue weighted by Gasteiger charge is -2.05. The van der Waals surface area contributed by atoms with Crippen LogP contribution in [-0.2, 0) is 7.05 Å². The standard InChI is InChI=1S/C18H18N2OS2/c1-12-13(2)23-16-15(12)17(21)20(3)18(19-16)22-11-7-10-14-8-5-4-6-9-14/h4-10H,11H2,1-3H3/b10-7+. The number of aromatic nitrogens is 2. The Morgan fingerprint density at radius 2 is 2.00 bits per heavy atom. The Hall–Kier alpha value is -1.85. The van der Waals surface area contributed by atoms with Crippen molar-refractivity contribution in [3.8, 4) is 0 Å². The topological polar surface area (TPSA) is 34.9 Å². The summed E-state index contributed by atoms with van der Waals surface area (Å²) < 4.78 is 1.66. The summed E-state index contributed by atoms with van der Waals surface area (Å²) in [6.07, 6.45) is 4.18. The van der Waals surface area contributed by atoms with E-state index in [1.807, 2.05) is 32.0 Å². The van der Waals surface area contributed by atoms with Crippen molar-refractivity contribution in [2.45, 2.75) is 19.0 Å². The van der Waals surface area contributed by atoms with Crippen molar-refractivity contribution in [3.05, 3.63) is 62.8 Å². The molecule has 0 radical (unpaired) electrons. The lowest BCUT2D eigenvalue weighted by molar-refractivity contribution is 0.728. The highest BCUT2D eigenvalue weighted by atomic mass is 32.2. The van der Waals surface area contributed by atoms with Crippen molar-refractivity contribution in [2.75, 3.05) is 5.75 Å². The normalized spacial score (nSPS) is 11.6. The van der Waals surface area contributed by atoms with Gasteiger partial charge in [0.05, 0.1) is 5.39 Å². The van der Waals surface area contributed by atoms with Gasteiger partial charge < -0.3 is 0 Å². The van der Waals surface area contributed by atoms with Gasteiger partial charge in [-0.3, -0.25) is 9.36 Å². The zero-order chi connectivity index (χ0) is 16.4. The molecule has 1 aromatic carbocycles. The van der Waals surface area contributed by atoms with E-state index in [0.717, 1.165) is 31.6 Å². The maximum Gasteiger partial charge on any atom is 0.262 e. The smallest absolute Gasteiger partial charge is 0.262 e. The summed E-state index contributed by atoms with van der Waals surface area (Å²) in [6, 6.07) is 10.2. The Morgan fingerprint density at radius 3 is 2.74 bits per heavy atom. The third-order valence-corrected chi connectivity index (χ3v) is 5.87. The van der Waals surface area contributed by atoms with Gasteiger partial charge in [-0.1, -0.05) is 54.2 Å². The number of hydrogen-bond donors (Lipinski definition) is 0. The van der Waals surface area contributed by atoms with Gasteiger partial charge in [-0.15, -0.1) is 11.3 Å². The van der Waals surface area contributed by atoms with Crippen molar-refractivity contribution in [3.63, 3.8) is 0 Å². The largest absolute Gasteiger partial charge is 0.290 e.